The van der Waals surface area contributed by atoms with Gasteiger partial charge < -0.3 is 20.5 Å². The minimum Gasteiger partial charge on any atom is -0.480 e. The third kappa shape index (κ3) is 5.18. The average molecular weight is 232 g/mol. The summed E-state index contributed by atoms with van der Waals surface area (Å²) in [4.78, 5) is 32.6. The van der Waals surface area contributed by atoms with Crippen molar-refractivity contribution in [1.29, 1.82) is 0 Å². The summed E-state index contributed by atoms with van der Waals surface area (Å²) in [6.45, 7) is 3.03. The number of ether oxygens (including phenoxy) is 1. The van der Waals surface area contributed by atoms with Crippen LogP contribution in [0.3, 0.4) is 0 Å². The lowest BCUT2D eigenvalue weighted by atomic mass is 10.1. The second kappa shape index (κ2) is 6.65. The van der Waals surface area contributed by atoms with E-state index in [1.54, 1.807) is 13.8 Å². The zero-order chi connectivity index (χ0) is 12.7. The molecule has 0 saturated heterocycles. The highest BCUT2D eigenvalue weighted by molar-refractivity contribution is 5.85. The van der Waals surface area contributed by atoms with Crippen molar-refractivity contribution in [2.24, 2.45) is 5.92 Å². The normalized spacial score (nSPS) is 11.8. The van der Waals surface area contributed by atoms with E-state index < -0.39 is 24.0 Å². The molecule has 16 heavy (non-hydrogen) atoms. The van der Waals surface area contributed by atoms with E-state index in [-0.39, 0.29) is 12.5 Å². The number of hydrogen-bond acceptors (Lipinski definition) is 4. The number of aliphatic carboxylic acids is 1. The first-order valence-corrected chi connectivity index (χ1v) is 4.72. The second-order valence-electron chi connectivity index (χ2n) is 3.46. The number of carboxylic acids is 1. The molecule has 7 nitrogen and oxygen atoms in total. The molecule has 0 aliphatic carbocycles. The van der Waals surface area contributed by atoms with Crippen molar-refractivity contribution >= 4 is 18.0 Å². The Balaban J connectivity index is 4.11. The first kappa shape index (κ1) is 14.2. The van der Waals surface area contributed by atoms with Gasteiger partial charge in [0.2, 0.25) is 0 Å². The average Bonchev–Trinajstić information content (AvgIpc) is 2.21. The number of carbonyl (C=O) groups excluding carboxylic acids is 2. The van der Waals surface area contributed by atoms with E-state index in [0.717, 1.165) is 0 Å². The Hall–Kier alpha value is -1.79. The molecule has 7 heteroatoms. The molecule has 0 heterocycles. The molecule has 0 saturated carbocycles. The van der Waals surface area contributed by atoms with E-state index in [4.69, 9.17) is 5.11 Å². The maximum Gasteiger partial charge on any atom is 0.326 e. The van der Waals surface area contributed by atoms with Gasteiger partial charge in [0.05, 0.1) is 7.11 Å². The molecule has 0 radical (unpaired) electrons. The van der Waals surface area contributed by atoms with E-state index >= 15 is 0 Å². The van der Waals surface area contributed by atoms with Gasteiger partial charge in [-0.2, -0.15) is 0 Å². The molecule has 0 spiro atoms. The molecule has 2 amide bonds. The molecule has 0 aromatic heterocycles. The highest BCUT2D eigenvalue weighted by Crippen LogP contribution is 2.00. The Morgan fingerprint density at radius 1 is 1.31 bits per heavy atom. The quantitative estimate of drug-likeness (QED) is 0.558. The Labute approximate surface area is 93.2 Å². The number of carboxylic acid groups (broad SMARTS) is 1. The van der Waals surface area contributed by atoms with Crippen molar-refractivity contribution in [2.45, 2.75) is 19.9 Å². The minimum atomic E-state index is -1.12. The first-order valence-electron chi connectivity index (χ1n) is 4.72. The van der Waals surface area contributed by atoms with Crippen LogP contribution in [0.25, 0.3) is 0 Å². The fraction of sp³-hybridized carbons (Fsp3) is 0.667. The van der Waals surface area contributed by atoms with Crippen molar-refractivity contribution < 1.29 is 24.2 Å². The van der Waals surface area contributed by atoms with Gasteiger partial charge in [0.15, 0.2) is 0 Å². The zero-order valence-electron chi connectivity index (χ0n) is 9.44. The van der Waals surface area contributed by atoms with E-state index in [1.807, 2.05) is 0 Å². The molecular formula is C9H16N2O5. The van der Waals surface area contributed by atoms with Crippen LogP contribution in [0.1, 0.15) is 13.8 Å². The third-order valence-corrected chi connectivity index (χ3v) is 1.84. The molecule has 0 fully saturated rings. The highest BCUT2D eigenvalue weighted by Gasteiger charge is 2.23. The van der Waals surface area contributed by atoms with Crippen LogP contribution < -0.4 is 10.6 Å². The van der Waals surface area contributed by atoms with Crippen LogP contribution >= 0.6 is 0 Å². The largest absolute Gasteiger partial charge is 0.480 e. The lowest BCUT2D eigenvalue weighted by Gasteiger charge is -2.17. The maximum absolute atomic E-state index is 11.2. The smallest absolute Gasteiger partial charge is 0.326 e. The molecule has 92 valence electrons. The van der Waals surface area contributed by atoms with Crippen molar-refractivity contribution in [3.05, 3.63) is 0 Å². The van der Waals surface area contributed by atoms with E-state index in [1.165, 1.54) is 7.11 Å². The van der Waals surface area contributed by atoms with Crippen LogP contribution in [0, 0.1) is 5.92 Å². The topological polar surface area (TPSA) is 105 Å². The molecule has 0 aliphatic rings. The van der Waals surface area contributed by atoms with Gasteiger partial charge in [-0.15, -0.1) is 0 Å². The third-order valence-electron chi connectivity index (χ3n) is 1.84. The summed E-state index contributed by atoms with van der Waals surface area (Å²) < 4.78 is 4.30. The predicted molar refractivity (Wildman–Crippen MR) is 54.8 cm³/mol. The van der Waals surface area contributed by atoms with Gasteiger partial charge in [-0.05, 0) is 5.92 Å². The van der Waals surface area contributed by atoms with Crippen molar-refractivity contribution in [2.75, 3.05) is 13.7 Å². The zero-order valence-corrected chi connectivity index (χ0v) is 9.44. The van der Waals surface area contributed by atoms with Gasteiger partial charge in [0.1, 0.15) is 12.6 Å². The number of esters is 1. The highest BCUT2D eigenvalue weighted by atomic mass is 16.5. The predicted octanol–water partition coefficient (Wildman–Crippen LogP) is -0.432. The molecular weight excluding hydrogens is 216 g/mol. The maximum atomic E-state index is 11.2. The Morgan fingerprint density at radius 2 is 1.88 bits per heavy atom. The number of nitrogens with one attached hydrogen (secondary N) is 2. The molecule has 1 unspecified atom stereocenters. The number of rotatable bonds is 5. The number of amides is 2. The molecule has 0 bridgehead atoms. The summed E-state index contributed by atoms with van der Waals surface area (Å²) in [5, 5.41) is 13.2. The fourth-order valence-corrected chi connectivity index (χ4v) is 0.930. The standard InChI is InChI=1S/C9H16N2O5/c1-5(2)7(8(13)14)11-9(15)10-4-6(12)16-3/h5,7H,4H2,1-3H3,(H,13,14)(H2,10,11,15). The number of carbonyl (C=O) groups is 3. The van der Waals surface area contributed by atoms with E-state index in [9.17, 15) is 14.4 Å². The summed E-state index contributed by atoms with van der Waals surface area (Å²) in [7, 11) is 1.19. The van der Waals surface area contributed by atoms with E-state index in [2.05, 4.69) is 15.4 Å². The van der Waals surface area contributed by atoms with Crippen molar-refractivity contribution in [3.8, 4) is 0 Å². The van der Waals surface area contributed by atoms with Crippen LogP contribution in [-0.4, -0.2) is 42.8 Å². The Morgan fingerprint density at radius 3 is 2.25 bits per heavy atom. The summed E-state index contributed by atoms with van der Waals surface area (Å²) >= 11 is 0. The summed E-state index contributed by atoms with van der Waals surface area (Å²) in [5.41, 5.74) is 0. The number of methoxy groups -OCH3 is 1. The molecule has 0 rings (SSSR count). The Kier molecular flexibility index (Phi) is 5.91. The second-order valence-corrected chi connectivity index (χ2v) is 3.46. The summed E-state index contributed by atoms with van der Waals surface area (Å²) in [5.74, 6) is -1.98. The van der Waals surface area contributed by atoms with Gasteiger partial charge in [-0.1, -0.05) is 13.8 Å². The van der Waals surface area contributed by atoms with Crippen LogP contribution in [0.4, 0.5) is 4.79 Å². The lowest BCUT2D eigenvalue weighted by molar-refractivity contribution is -0.140. The lowest BCUT2D eigenvalue weighted by Crippen LogP contribution is -2.49. The fourth-order valence-electron chi connectivity index (χ4n) is 0.930. The van der Waals surface area contributed by atoms with Crippen LogP contribution in [0.2, 0.25) is 0 Å². The molecule has 0 aromatic carbocycles. The van der Waals surface area contributed by atoms with Gasteiger partial charge in [-0.3, -0.25) is 4.79 Å². The first-order chi connectivity index (χ1) is 7.38. The summed E-state index contributed by atoms with van der Waals surface area (Å²) in [6, 6.07) is -1.70. The molecule has 1 atom stereocenters. The Bertz CT molecular complexity index is 277. The summed E-state index contributed by atoms with van der Waals surface area (Å²) in [6.07, 6.45) is 0. The van der Waals surface area contributed by atoms with E-state index in [0.29, 0.717) is 0 Å². The molecule has 0 aliphatic heterocycles. The van der Waals surface area contributed by atoms with Gasteiger partial charge in [-0.25, -0.2) is 9.59 Å². The molecule has 3 N–H and O–H groups in total. The van der Waals surface area contributed by atoms with Crippen molar-refractivity contribution in [1.82, 2.24) is 10.6 Å². The SMILES string of the molecule is COC(=O)CNC(=O)NC(C(=O)O)C(C)C. The number of urea groups is 1. The van der Waals surface area contributed by atoms with Crippen LogP contribution in [-0.2, 0) is 14.3 Å². The molecule has 0 aromatic rings. The number of hydrogen-bond donors (Lipinski definition) is 3. The van der Waals surface area contributed by atoms with Crippen LogP contribution in [0.15, 0.2) is 0 Å². The van der Waals surface area contributed by atoms with Crippen LogP contribution in [0.5, 0.6) is 0 Å². The van der Waals surface area contributed by atoms with Gasteiger partial charge in [0, 0.05) is 0 Å². The van der Waals surface area contributed by atoms with Crippen molar-refractivity contribution in [3.63, 3.8) is 0 Å². The minimum absolute atomic E-state index is 0.249. The monoisotopic (exact) mass is 232 g/mol. The van der Waals surface area contributed by atoms with Gasteiger partial charge in [0.25, 0.3) is 0 Å². The van der Waals surface area contributed by atoms with Gasteiger partial charge >= 0.3 is 18.0 Å².